The molecule has 0 fully saturated rings. The van der Waals surface area contributed by atoms with Crippen LogP contribution < -0.4 is 5.32 Å². The maximum Gasteiger partial charge on any atom is 0.220 e. The molecule has 1 heterocycles. The molecule has 0 bridgehead atoms. The van der Waals surface area contributed by atoms with Crippen molar-refractivity contribution in [3.63, 3.8) is 0 Å². The summed E-state index contributed by atoms with van der Waals surface area (Å²) in [6, 6.07) is 2.93. The van der Waals surface area contributed by atoms with Crippen LogP contribution in [0.15, 0.2) is 17.0 Å². The molecule has 0 saturated carbocycles. The van der Waals surface area contributed by atoms with E-state index in [2.05, 4.69) is 10.4 Å². The van der Waals surface area contributed by atoms with Gasteiger partial charge in [0.05, 0.1) is 16.3 Å². The molecule has 26 heavy (non-hydrogen) atoms. The van der Waals surface area contributed by atoms with Crippen LogP contribution in [0.1, 0.15) is 46.9 Å². The van der Waals surface area contributed by atoms with Crippen LogP contribution in [0.5, 0.6) is 5.88 Å². The summed E-state index contributed by atoms with van der Waals surface area (Å²) in [6.07, 6.45) is 2.98. The number of nitrogens with one attached hydrogen (secondary N) is 1. The van der Waals surface area contributed by atoms with Crippen molar-refractivity contribution in [2.24, 2.45) is 7.05 Å². The number of carbonyl (C=O) groups is 1. The van der Waals surface area contributed by atoms with Crippen LogP contribution in [0.3, 0.4) is 0 Å². The van der Waals surface area contributed by atoms with E-state index in [0.29, 0.717) is 29.1 Å². The van der Waals surface area contributed by atoms with Gasteiger partial charge in [-0.25, -0.2) is 13.1 Å². The number of anilines is 1. The maximum atomic E-state index is 13.0. The van der Waals surface area contributed by atoms with E-state index < -0.39 is 9.84 Å². The quantitative estimate of drug-likeness (QED) is 0.566. The zero-order valence-electron chi connectivity index (χ0n) is 15.8. The van der Waals surface area contributed by atoms with Crippen molar-refractivity contribution in [3.05, 3.63) is 34.5 Å². The van der Waals surface area contributed by atoms with E-state index in [4.69, 9.17) is 0 Å². The largest absolute Gasteiger partial charge is 0.493 e. The van der Waals surface area contributed by atoms with Crippen molar-refractivity contribution in [3.8, 4) is 5.88 Å². The third kappa shape index (κ3) is 3.75. The fraction of sp³-hybridized carbons (Fsp3) is 0.444. The van der Waals surface area contributed by atoms with Crippen LogP contribution in [0.4, 0.5) is 5.69 Å². The lowest BCUT2D eigenvalue weighted by molar-refractivity contribution is 0.103. The maximum absolute atomic E-state index is 13.0. The monoisotopic (exact) mass is 379 g/mol. The Labute approximate surface area is 154 Å². The van der Waals surface area contributed by atoms with Gasteiger partial charge >= 0.3 is 0 Å². The number of aromatic nitrogens is 2. The Bertz CT molecular complexity index is 946. The highest BCUT2D eigenvalue weighted by Gasteiger charge is 2.25. The van der Waals surface area contributed by atoms with Crippen LogP contribution in [0.25, 0.3) is 0 Å². The van der Waals surface area contributed by atoms with Gasteiger partial charge in [0, 0.05) is 25.4 Å². The molecule has 0 atom stereocenters. The lowest BCUT2D eigenvalue weighted by Gasteiger charge is -2.16. The molecule has 1 aromatic heterocycles. The molecule has 0 spiro atoms. The number of nitrogens with zero attached hydrogens (tertiary/aromatic N) is 2. The Morgan fingerprint density at radius 3 is 2.46 bits per heavy atom. The molecule has 0 aliphatic carbocycles. The number of aryl methyl sites for hydroxylation is 2. The van der Waals surface area contributed by atoms with E-state index in [-0.39, 0.29) is 22.1 Å². The molecule has 2 N–H and O–H groups in total. The summed E-state index contributed by atoms with van der Waals surface area (Å²) in [7, 11) is -1.90. The van der Waals surface area contributed by atoms with Crippen molar-refractivity contribution in [1.29, 1.82) is 0 Å². The highest BCUT2D eigenvalue weighted by atomic mass is 32.2. The second-order valence-corrected chi connectivity index (χ2v) is 8.38. The van der Waals surface area contributed by atoms with E-state index in [1.807, 2.05) is 6.92 Å². The summed E-state index contributed by atoms with van der Waals surface area (Å²) in [4.78, 5) is 13.1. The zero-order chi connectivity index (χ0) is 19.6. The van der Waals surface area contributed by atoms with Crippen LogP contribution in [0.2, 0.25) is 0 Å². The molecule has 2 aromatic rings. The number of ketones is 1. The predicted octanol–water partition coefficient (Wildman–Crippen LogP) is 2.59. The summed E-state index contributed by atoms with van der Waals surface area (Å²) in [5.41, 5.74) is 1.86. The Morgan fingerprint density at radius 2 is 1.96 bits per heavy atom. The van der Waals surface area contributed by atoms with Gasteiger partial charge in [-0.15, -0.1) is 0 Å². The second kappa shape index (κ2) is 7.49. The highest BCUT2D eigenvalue weighted by Crippen LogP contribution is 2.31. The third-order valence-corrected chi connectivity index (χ3v) is 5.46. The van der Waals surface area contributed by atoms with Crippen molar-refractivity contribution in [1.82, 2.24) is 9.78 Å². The SMILES string of the molecule is CCCCNc1c(S(C)(=O)=O)ccc(C(=O)c2c(C)nn(C)c2O)c1C. The number of carbonyl (C=O) groups excluding carboxylic acids is 1. The van der Waals surface area contributed by atoms with Gasteiger partial charge in [0.15, 0.2) is 9.84 Å². The van der Waals surface area contributed by atoms with Crippen molar-refractivity contribution >= 4 is 21.3 Å². The van der Waals surface area contributed by atoms with E-state index >= 15 is 0 Å². The summed E-state index contributed by atoms with van der Waals surface area (Å²) >= 11 is 0. The Kier molecular flexibility index (Phi) is 5.75. The number of aromatic hydroxyl groups is 1. The van der Waals surface area contributed by atoms with Crippen LogP contribution in [0, 0.1) is 13.8 Å². The van der Waals surface area contributed by atoms with Gasteiger partial charge in [-0.05, 0) is 38.0 Å². The van der Waals surface area contributed by atoms with E-state index in [1.54, 1.807) is 20.9 Å². The molecule has 142 valence electrons. The van der Waals surface area contributed by atoms with Crippen molar-refractivity contribution in [2.45, 2.75) is 38.5 Å². The number of hydrogen-bond acceptors (Lipinski definition) is 6. The highest BCUT2D eigenvalue weighted by molar-refractivity contribution is 7.90. The minimum atomic E-state index is -3.45. The summed E-state index contributed by atoms with van der Waals surface area (Å²) in [5, 5.41) is 17.4. The normalized spacial score (nSPS) is 11.6. The molecule has 0 aliphatic rings. The molecule has 1 aromatic carbocycles. The van der Waals surface area contributed by atoms with Crippen LogP contribution in [-0.2, 0) is 16.9 Å². The Hall–Kier alpha value is -2.35. The van der Waals surface area contributed by atoms with Gasteiger partial charge in [-0.3, -0.25) is 4.79 Å². The number of hydrogen-bond donors (Lipinski definition) is 2. The van der Waals surface area contributed by atoms with Crippen molar-refractivity contribution in [2.75, 3.05) is 18.1 Å². The third-order valence-electron chi connectivity index (χ3n) is 4.32. The number of rotatable bonds is 7. The first kappa shape index (κ1) is 20.0. The first-order valence-electron chi connectivity index (χ1n) is 8.44. The minimum absolute atomic E-state index is 0.127. The fourth-order valence-corrected chi connectivity index (χ4v) is 3.81. The van der Waals surface area contributed by atoms with Gasteiger partial charge in [0.2, 0.25) is 11.7 Å². The first-order valence-corrected chi connectivity index (χ1v) is 10.3. The predicted molar refractivity (Wildman–Crippen MR) is 101 cm³/mol. The van der Waals surface area contributed by atoms with Gasteiger partial charge in [-0.2, -0.15) is 5.10 Å². The van der Waals surface area contributed by atoms with E-state index in [1.165, 1.54) is 16.8 Å². The molecule has 0 amide bonds. The van der Waals surface area contributed by atoms with Crippen LogP contribution in [-0.4, -0.2) is 41.9 Å². The summed E-state index contributed by atoms with van der Waals surface area (Å²) in [6.45, 7) is 6.00. The van der Waals surface area contributed by atoms with Gasteiger partial charge in [0.25, 0.3) is 0 Å². The smallest absolute Gasteiger partial charge is 0.220 e. The van der Waals surface area contributed by atoms with Gasteiger partial charge < -0.3 is 10.4 Å². The zero-order valence-corrected chi connectivity index (χ0v) is 16.6. The number of unbranched alkanes of at least 4 members (excludes halogenated alkanes) is 1. The fourth-order valence-electron chi connectivity index (χ4n) is 2.90. The number of sulfone groups is 1. The second-order valence-electron chi connectivity index (χ2n) is 6.40. The first-order chi connectivity index (χ1) is 12.1. The van der Waals surface area contributed by atoms with Crippen LogP contribution >= 0.6 is 0 Å². The van der Waals surface area contributed by atoms with E-state index in [9.17, 15) is 18.3 Å². The Balaban J connectivity index is 2.60. The summed E-state index contributed by atoms with van der Waals surface area (Å²) in [5.74, 6) is -0.594. The average Bonchev–Trinajstić information content (AvgIpc) is 2.80. The molecule has 0 aliphatic heterocycles. The molecule has 8 heteroatoms. The molecule has 7 nitrogen and oxygen atoms in total. The molecule has 0 saturated heterocycles. The Morgan fingerprint density at radius 1 is 1.31 bits per heavy atom. The molecule has 0 unspecified atom stereocenters. The lowest BCUT2D eigenvalue weighted by Crippen LogP contribution is -2.13. The topological polar surface area (TPSA) is 101 Å². The van der Waals surface area contributed by atoms with Gasteiger partial charge in [0.1, 0.15) is 5.56 Å². The number of benzene rings is 1. The lowest BCUT2D eigenvalue weighted by atomic mass is 9.98. The minimum Gasteiger partial charge on any atom is -0.493 e. The van der Waals surface area contributed by atoms with Crippen molar-refractivity contribution < 1.29 is 18.3 Å². The standard InChI is InChI=1S/C18H25N3O4S/c1-6-7-10-19-16-11(2)13(8-9-14(16)26(5,24)25)17(22)15-12(3)20-21(4)18(15)23/h8-9,19,23H,6-7,10H2,1-5H3. The molecule has 0 radical (unpaired) electrons. The molecular formula is C18H25N3O4S. The summed E-state index contributed by atoms with van der Waals surface area (Å²) < 4.78 is 25.5. The van der Waals surface area contributed by atoms with E-state index in [0.717, 1.165) is 19.1 Å². The molecular weight excluding hydrogens is 354 g/mol. The average molecular weight is 379 g/mol. The molecule has 2 rings (SSSR count). The van der Waals surface area contributed by atoms with Gasteiger partial charge in [-0.1, -0.05) is 13.3 Å².